The molecule has 0 aliphatic heterocycles. The summed E-state index contributed by atoms with van der Waals surface area (Å²) in [4.78, 5) is 54.9. The molecule has 2 saturated carbocycles. The van der Waals surface area contributed by atoms with E-state index in [2.05, 4.69) is 0 Å². The monoisotopic (exact) mass is 550 g/mol. The van der Waals surface area contributed by atoms with E-state index in [-0.39, 0.29) is 24.2 Å². The average Bonchev–Trinajstić information content (AvgIpc) is 2.90. The molecule has 2 aromatic rings. The summed E-state index contributed by atoms with van der Waals surface area (Å²) in [6.45, 7) is 0. The van der Waals surface area contributed by atoms with Gasteiger partial charge in [0.2, 0.25) is 5.91 Å². The normalized spacial score (nSPS) is 31.4. The average molecular weight is 551 g/mol. The van der Waals surface area contributed by atoms with Gasteiger partial charge in [-0.2, -0.15) is 0 Å². The van der Waals surface area contributed by atoms with Gasteiger partial charge in [-0.25, -0.2) is 0 Å². The van der Waals surface area contributed by atoms with E-state index in [0.717, 1.165) is 16.9 Å². The van der Waals surface area contributed by atoms with Crippen LogP contribution in [0.3, 0.4) is 0 Å². The van der Waals surface area contributed by atoms with Crippen molar-refractivity contribution < 1.29 is 39.2 Å². The number of methoxy groups -OCH3 is 1. The van der Waals surface area contributed by atoms with Crippen LogP contribution >= 0.6 is 0 Å². The number of aliphatic hydroxyl groups excluding tert-OH is 1. The maximum Gasteiger partial charge on any atom is 0.230 e. The molecule has 10 heteroatoms. The number of fused-ring (bicyclic) bond motifs is 3. The molecule has 3 aliphatic rings. The van der Waals surface area contributed by atoms with E-state index in [1.54, 1.807) is 32.2 Å². The van der Waals surface area contributed by atoms with Crippen LogP contribution in [0.5, 0.6) is 11.5 Å². The maximum atomic E-state index is 13.9. The molecule has 3 unspecified atom stereocenters. The number of carbonyl (C=O) groups excluding carboxylic acids is 4. The van der Waals surface area contributed by atoms with Gasteiger partial charge in [-0.1, -0.05) is 18.2 Å². The summed E-state index contributed by atoms with van der Waals surface area (Å²) in [7, 11) is 4.83. The summed E-state index contributed by atoms with van der Waals surface area (Å²) in [5.74, 6) is -8.30. The second-order valence-corrected chi connectivity index (χ2v) is 11.4. The van der Waals surface area contributed by atoms with Gasteiger partial charge in [0.1, 0.15) is 17.4 Å². The third kappa shape index (κ3) is 4.13. The van der Waals surface area contributed by atoms with Crippen LogP contribution in [0, 0.1) is 23.7 Å². The summed E-state index contributed by atoms with van der Waals surface area (Å²) in [5.41, 5.74) is 5.31. The van der Waals surface area contributed by atoms with E-state index < -0.39 is 64.7 Å². The second kappa shape index (κ2) is 10.1. The van der Waals surface area contributed by atoms with Crippen molar-refractivity contribution in [3.8, 4) is 11.5 Å². The van der Waals surface area contributed by atoms with E-state index in [1.807, 2.05) is 24.3 Å². The van der Waals surface area contributed by atoms with Crippen molar-refractivity contribution in [3.63, 3.8) is 0 Å². The lowest BCUT2D eigenvalue weighted by molar-refractivity contribution is -0.190. The predicted molar refractivity (Wildman–Crippen MR) is 143 cm³/mol. The van der Waals surface area contributed by atoms with Gasteiger partial charge in [0.15, 0.2) is 23.0 Å². The lowest BCUT2D eigenvalue weighted by Crippen LogP contribution is -2.75. The molecule has 212 valence electrons. The fourth-order valence-electron chi connectivity index (χ4n) is 7.23. The molecule has 0 aromatic heterocycles. The number of nitrogens with zero attached hydrogens (tertiary/aromatic N) is 1. The lowest BCUT2D eigenvalue weighted by atomic mass is 9.52. The number of likely N-dealkylation sites (N-methyl/N-ethyl adjacent to an activating group) is 1. The van der Waals surface area contributed by atoms with Gasteiger partial charge in [0.05, 0.1) is 24.7 Å². The summed E-state index contributed by atoms with van der Waals surface area (Å²) >= 11 is 0. The molecule has 0 spiro atoms. The van der Waals surface area contributed by atoms with Crippen molar-refractivity contribution in [3.05, 3.63) is 58.7 Å². The molecule has 5 N–H and O–H groups in total. The number of ketones is 3. The Labute approximate surface area is 231 Å². The third-order valence-corrected chi connectivity index (χ3v) is 9.09. The highest BCUT2D eigenvalue weighted by Crippen LogP contribution is 2.51. The molecule has 40 heavy (non-hydrogen) atoms. The van der Waals surface area contributed by atoms with Crippen LogP contribution < -0.4 is 10.5 Å². The van der Waals surface area contributed by atoms with Gasteiger partial charge < -0.3 is 30.7 Å². The molecule has 2 fully saturated rings. The Morgan fingerprint density at radius 1 is 1.12 bits per heavy atom. The molecule has 0 bridgehead atoms. The van der Waals surface area contributed by atoms with Crippen LogP contribution in [-0.2, 0) is 33.6 Å². The SMILES string of the molecule is COc1cccc(CCc2ccc(O)c3c2C[C@@H]2C[C@@H]4[C@@H](N(C)C)C(O)C(C(N)=O)C(=O)[C@]4(O)C(=O)C2C3=O)c1. The van der Waals surface area contributed by atoms with E-state index in [4.69, 9.17) is 10.5 Å². The van der Waals surface area contributed by atoms with Crippen LogP contribution in [-0.4, -0.2) is 82.4 Å². The van der Waals surface area contributed by atoms with Crippen molar-refractivity contribution in [1.82, 2.24) is 4.90 Å². The Bertz CT molecular complexity index is 1400. The fourth-order valence-corrected chi connectivity index (χ4v) is 7.23. The number of aryl methyl sites for hydroxylation is 2. The van der Waals surface area contributed by atoms with Gasteiger partial charge in [-0.15, -0.1) is 0 Å². The van der Waals surface area contributed by atoms with Gasteiger partial charge in [-0.3, -0.25) is 19.2 Å². The number of ether oxygens (including phenoxy) is 1. The number of hydrogen-bond donors (Lipinski definition) is 4. The van der Waals surface area contributed by atoms with E-state index in [1.165, 1.54) is 6.07 Å². The standard InChI is InChI=1S/C30H34N2O8/c1-32(2)24-19-13-16-12-18-15(8-7-14-5-4-6-17(11-14)40-3)9-10-20(33)22(18)25(34)21(16)27(36)30(19,39)28(37)23(26(24)35)29(31)38/h4-6,9-11,16,19,21,23-24,26,33,35,39H,7-8,12-13H2,1-3H3,(H2,31,38)/t16-,19-,21?,23?,24-,26?,30-/m1/s1. The van der Waals surface area contributed by atoms with Crippen molar-refractivity contribution in [1.29, 1.82) is 0 Å². The number of phenols is 1. The first-order valence-electron chi connectivity index (χ1n) is 13.4. The van der Waals surface area contributed by atoms with Gasteiger partial charge in [-0.05, 0) is 80.6 Å². The maximum absolute atomic E-state index is 13.9. The first kappa shape index (κ1) is 27.9. The van der Waals surface area contributed by atoms with E-state index in [9.17, 15) is 34.5 Å². The van der Waals surface area contributed by atoms with Gasteiger partial charge in [0.25, 0.3) is 0 Å². The van der Waals surface area contributed by atoms with E-state index >= 15 is 0 Å². The topological polar surface area (TPSA) is 167 Å². The lowest BCUT2D eigenvalue weighted by Gasteiger charge is -2.54. The third-order valence-electron chi connectivity index (χ3n) is 9.09. The Balaban J connectivity index is 1.53. The Kier molecular flexibility index (Phi) is 7.06. The second-order valence-electron chi connectivity index (χ2n) is 11.4. The fraction of sp³-hybridized carbons (Fsp3) is 0.467. The van der Waals surface area contributed by atoms with Crippen LogP contribution in [0.4, 0.5) is 0 Å². The summed E-state index contributed by atoms with van der Waals surface area (Å²) in [5, 5.41) is 33.4. The highest BCUT2D eigenvalue weighted by Gasteiger charge is 2.69. The minimum Gasteiger partial charge on any atom is -0.507 e. The van der Waals surface area contributed by atoms with Crippen molar-refractivity contribution in [2.24, 2.45) is 29.4 Å². The Hall–Kier alpha value is -3.60. The van der Waals surface area contributed by atoms with Crippen molar-refractivity contribution in [2.45, 2.75) is 43.4 Å². The molecular weight excluding hydrogens is 516 g/mol. The van der Waals surface area contributed by atoms with Crippen molar-refractivity contribution >= 4 is 23.3 Å². The number of primary amides is 1. The largest absolute Gasteiger partial charge is 0.507 e. The van der Waals surface area contributed by atoms with Gasteiger partial charge >= 0.3 is 0 Å². The molecule has 0 radical (unpaired) electrons. The summed E-state index contributed by atoms with van der Waals surface area (Å²) < 4.78 is 5.31. The number of benzene rings is 2. The number of aliphatic hydroxyl groups is 2. The number of Topliss-reactive ketones (excluding diaryl/α,β-unsaturated/α-hetero) is 3. The molecule has 2 aromatic carbocycles. The smallest absolute Gasteiger partial charge is 0.230 e. The molecule has 0 heterocycles. The number of amides is 1. The van der Waals surface area contributed by atoms with Crippen LogP contribution in [0.15, 0.2) is 36.4 Å². The Morgan fingerprint density at radius 3 is 2.50 bits per heavy atom. The molecule has 0 saturated heterocycles. The number of hydrogen-bond acceptors (Lipinski definition) is 9. The highest BCUT2D eigenvalue weighted by atomic mass is 16.5. The molecule has 7 atom stereocenters. The predicted octanol–water partition coefficient (Wildman–Crippen LogP) is 0.453. The number of rotatable bonds is 6. The quantitative estimate of drug-likeness (QED) is 0.373. The first-order valence-corrected chi connectivity index (χ1v) is 13.4. The molecular formula is C30H34N2O8. The number of carbonyl (C=O) groups is 4. The minimum atomic E-state index is -2.66. The highest BCUT2D eigenvalue weighted by molar-refractivity contribution is 6.25. The van der Waals surface area contributed by atoms with Crippen LogP contribution in [0.2, 0.25) is 0 Å². The van der Waals surface area contributed by atoms with Gasteiger partial charge in [0, 0.05) is 12.0 Å². The Morgan fingerprint density at radius 2 is 1.85 bits per heavy atom. The molecule has 5 rings (SSSR count). The first-order chi connectivity index (χ1) is 18.9. The zero-order valence-corrected chi connectivity index (χ0v) is 22.7. The van der Waals surface area contributed by atoms with E-state index in [0.29, 0.717) is 18.4 Å². The van der Waals surface area contributed by atoms with Crippen LogP contribution in [0.1, 0.15) is 33.5 Å². The molecule has 3 aliphatic carbocycles. The number of aromatic hydroxyl groups is 1. The minimum absolute atomic E-state index is 0.0266. The molecule has 10 nitrogen and oxygen atoms in total. The van der Waals surface area contributed by atoms with Crippen LogP contribution in [0.25, 0.3) is 0 Å². The number of phenolic OH excluding ortho intramolecular Hbond substituents is 1. The molecule has 1 amide bonds. The summed E-state index contributed by atoms with van der Waals surface area (Å²) in [6, 6.07) is 9.92. The van der Waals surface area contributed by atoms with Crippen molar-refractivity contribution in [2.75, 3.05) is 21.2 Å². The zero-order valence-electron chi connectivity index (χ0n) is 22.7. The zero-order chi connectivity index (χ0) is 29.1. The summed E-state index contributed by atoms with van der Waals surface area (Å²) in [6.07, 6.45) is 0.0503. The number of nitrogens with two attached hydrogens (primary N) is 1.